The van der Waals surface area contributed by atoms with Crippen LogP contribution in [0.1, 0.15) is 25.8 Å². The second-order valence-corrected chi connectivity index (χ2v) is 7.44. The van der Waals surface area contributed by atoms with Crippen LogP contribution < -0.4 is 10.9 Å². The molecule has 1 N–H and O–H groups in total. The summed E-state index contributed by atoms with van der Waals surface area (Å²) in [5, 5.41) is 8.62. The highest BCUT2D eigenvalue weighted by Gasteiger charge is 2.18. The number of nitrogens with one attached hydrogen (secondary N) is 1. The van der Waals surface area contributed by atoms with Crippen molar-refractivity contribution in [2.24, 2.45) is 0 Å². The number of fused-ring (bicyclic) bond motifs is 3. The Balaban J connectivity index is 1.85. The van der Waals surface area contributed by atoms with Gasteiger partial charge in [0, 0.05) is 27.9 Å². The fourth-order valence-electron chi connectivity index (χ4n) is 3.63. The predicted octanol–water partition coefficient (Wildman–Crippen LogP) is 3.45. The summed E-state index contributed by atoms with van der Waals surface area (Å²) in [5.74, 6) is -0.596. The molecule has 0 fully saturated rings. The van der Waals surface area contributed by atoms with Gasteiger partial charge in [0.05, 0.1) is 12.7 Å². The Labute approximate surface area is 172 Å². The molecular weight excluding hydrogens is 383 g/mol. The van der Waals surface area contributed by atoms with Gasteiger partial charge in [-0.25, -0.2) is 9.07 Å². The van der Waals surface area contributed by atoms with Crippen LogP contribution in [0.2, 0.25) is 0 Å². The zero-order valence-electron chi connectivity index (χ0n) is 16.9. The third-order valence-corrected chi connectivity index (χ3v) is 5.37. The van der Waals surface area contributed by atoms with Crippen LogP contribution in [0.25, 0.3) is 21.8 Å². The van der Waals surface area contributed by atoms with Crippen molar-refractivity contribution in [2.75, 3.05) is 0 Å². The summed E-state index contributed by atoms with van der Waals surface area (Å²) < 4.78 is 17.3. The minimum atomic E-state index is -0.376. The Kier molecular flexibility index (Phi) is 5.35. The number of carbonyl (C=O) groups excluding carboxylic acids is 1. The molecule has 2 aromatic heterocycles. The Morgan fingerprint density at radius 2 is 1.87 bits per heavy atom. The van der Waals surface area contributed by atoms with E-state index in [2.05, 4.69) is 10.4 Å². The minimum Gasteiger partial charge on any atom is -0.352 e. The van der Waals surface area contributed by atoms with Crippen LogP contribution in [0.4, 0.5) is 4.39 Å². The van der Waals surface area contributed by atoms with Gasteiger partial charge < -0.3 is 9.88 Å². The maximum atomic E-state index is 14.3. The second kappa shape index (κ2) is 8.10. The summed E-state index contributed by atoms with van der Waals surface area (Å²) in [4.78, 5) is 25.6. The summed E-state index contributed by atoms with van der Waals surface area (Å²) >= 11 is 0. The monoisotopic (exact) mass is 406 g/mol. The summed E-state index contributed by atoms with van der Waals surface area (Å²) in [6.07, 6.45) is 2.40. The summed E-state index contributed by atoms with van der Waals surface area (Å²) in [7, 11) is 0. The lowest BCUT2D eigenvalue weighted by molar-refractivity contribution is -0.122. The quantitative estimate of drug-likeness (QED) is 0.533. The van der Waals surface area contributed by atoms with Crippen molar-refractivity contribution in [3.05, 3.63) is 76.5 Å². The number of nitrogens with zero attached hydrogens (tertiary/aromatic N) is 3. The van der Waals surface area contributed by atoms with E-state index in [1.165, 1.54) is 6.07 Å². The van der Waals surface area contributed by atoms with Crippen LogP contribution in [-0.4, -0.2) is 26.3 Å². The van der Waals surface area contributed by atoms with Crippen molar-refractivity contribution in [1.29, 1.82) is 0 Å². The fraction of sp³-hybridized carbons (Fsp3) is 0.261. The highest BCUT2D eigenvalue weighted by Crippen LogP contribution is 2.27. The molecule has 4 aromatic rings. The fourth-order valence-corrected chi connectivity index (χ4v) is 3.63. The molecule has 0 radical (unpaired) electrons. The van der Waals surface area contributed by atoms with Crippen molar-refractivity contribution in [1.82, 2.24) is 19.7 Å². The Morgan fingerprint density at radius 3 is 2.63 bits per heavy atom. The molecule has 4 rings (SSSR count). The molecule has 0 saturated heterocycles. The maximum Gasteiger partial charge on any atom is 0.291 e. The van der Waals surface area contributed by atoms with E-state index in [0.717, 1.165) is 22.0 Å². The van der Waals surface area contributed by atoms with E-state index in [9.17, 15) is 14.0 Å². The van der Waals surface area contributed by atoms with Crippen LogP contribution >= 0.6 is 0 Å². The van der Waals surface area contributed by atoms with E-state index >= 15 is 0 Å². The highest BCUT2D eigenvalue weighted by molar-refractivity contribution is 6.07. The predicted molar refractivity (Wildman–Crippen MR) is 115 cm³/mol. The molecule has 2 heterocycles. The van der Waals surface area contributed by atoms with Crippen LogP contribution in [0.15, 0.2) is 59.5 Å². The van der Waals surface area contributed by atoms with Gasteiger partial charge in [-0.05, 0) is 25.5 Å². The number of carbonyl (C=O) groups is 1. The molecule has 0 bridgehead atoms. The average molecular weight is 406 g/mol. The number of halogens is 1. The third-order valence-electron chi connectivity index (χ3n) is 5.37. The number of amides is 1. The van der Waals surface area contributed by atoms with Gasteiger partial charge in [-0.1, -0.05) is 43.3 Å². The van der Waals surface area contributed by atoms with E-state index in [4.69, 9.17) is 0 Å². The lowest BCUT2D eigenvalue weighted by Gasteiger charge is -2.12. The largest absolute Gasteiger partial charge is 0.352 e. The Morgan fingerprint density at radius 1 is 1.13 bits per heavy atom. The topological polar surface area (TPSA) is 68.9 Å². The van der Waals surface area contributed by atoms with Gasteiger partial charge in [0.25, 0.3) is 5.56 Å². The molecular formula is C23H23FN4O2. The molecule has 7 heteroatoms. The van der Waals surface area contributed by atoms with Crippen molar-refractivity contribution in [3.63, 3.8) is 0 Å². The van der Waals surface area contributed by atoms with Gasteiger partial charge in [0.2, 0.25) is 5.91 Å². The van der Waals surface area contributed by atoms with Crippen molar-refractivity contribution in [2.45, 2.75) is 39.4 Å². The van der Waals surface area contributed by atoms with Crippen LogP contribution in [0.5, 0.6) is 0 Å². The first-order chi connectivity index (χ1) is 14.5. The van der Waals surface area contributed by atoms with Crippen molar-refractivity contribution >= 4 is 27.7 Å². The molecule has 1 atom stereocenters. The van der Waals surface area contributed by atoms with E-state index in [1.54, 1.807) is 29.0 Å². The molecule has 0 saturated carbocycles. The molecule has 6 nitrogen and oxygen atoms in total. The first-order valence-electron chi connectivity index (χ1n) is 9.99. The van der Waals surface area contributed by atoms with Gasteiger partial charge in [-0.2, -0.15) is 5.10 Å². The van der Waals surface area contributed by atoms with Gasteiger partial charge in [-0.3, -0.25) is 9.59 Å². The van der Waals surface area contributed by atoms with Crippen molar-refractivity contribution < 1.29 is 9.18 Å². The lowest BCUT2D eigenvalue weighted by atomic mass is 10.2. The minimum absolute atomic E-state index is 0.0180. The van der Waals surface area contributed by atoms with E-state index in [-0.39, 0.29) is 36.4 Å². The van der Waals surface area contributed by atoms with Gasteiger partial charge in [-0.15, -0.1) is 0 Å². The molecule has 2 aromatic carbocycles. The third kappa shape index (κ3) is 3.58. The second-order valence-electron chi connectivity index (χ2n) is 7.44. The average Bonchev–Trinajstić information content (AvgIpc) is 3.06. The number of hydrogen-bond donors (Lipinski definition) is 1. The van der Waals surface area contributed by atoms with Gasteiger partial charge in [0.1, 0.15) is 17.9 Å². The molecule has 1 amide bonds. The summed E-state index contributed by atoms with van der Waals surface area (Å²) in [6, 6.07) is 14.1. The molecule has 0 unspecified atom stereocenters. The van der Waals surface area contributed by atoms with Crippen LogP contribution in [0, 0.1) is 5.82 Å². The zero-order chi connectivity index (χ0) is 21.3. The summed E-state index contributed by atoms with van der Waals surface area (Å²) in [5.41, 5.74) is 1.33. The van der Waals surface area contributed by atoms with Gasteiger partial charge in [0.15, 0.2) is 0 Å². The van der Waals surface area contributed by atoms with E-state index in [0.29, 0.717) is 16.5 Å². The molecule has 0 aliphatic carbocycles. The van der Waals surface area contributed by atoms with Crippen molar-refractivity contribution in [3.8, 4) is 0 Å². The smallest absolute Gasteiger partial charge is 0.291 e. The summed E-state index contributed by atoms with van der Waals surface area (Å²) in [6.45, 7) is 3.92. The molecule has 0 aliphatic heterocycles. The normalized spacial score (nSPS) is 12.4. The van der Waals surface area contributed by atoms with Gasteiger partial charge >= 0.3 is 0 Å². The number of aromatic nitrogens is 3. The molecule has 0 spiro atoms. The number of hydrogen-bond acceptors (Lipinski definition) is 3. The maximum absolute atomic E-state index is 14.3. The zero-order valence-corrected chi connectivity index (χ0v) is 16.9. The Hall–Kier alpha value is -3.48. The molecule has 0 aliphatic rings. The van der Waals surface area contributed by atoms with Crippen LogP contribution in [0.3, 0.4) is 0 Å². The molecule has 30 heavy (non-hydrogen) atoms. The van der Waals surface area contributed by atoms with E-state index in [1.807, 2.05) is 38.1 Å². The van der Waals surface area contributed by atoms with E-state index < -0.39 is 0 Å². The Bertz CT molecular complexity index is 1290. The number of para-hydroxylation sites is 1. The van der Waals surface area contributed by atoms with Crippen LogP contribution in [-0.2, 0) is 17.9 Å². The highest BCUT2D eigenvalue weighted by atomic mass is 19.1. The molecule has 154 valence electrons. The lowest BCUT2D eigenvalue weighted by Crippen LogP contribution is -2.38. The standard InChI is InChI=1S/C23H23FN4O2/c1-3-15(2)26-21(29)14-28-23(30)22-18(12-25-28)17-9-5-7-11-20(17)27(22)13-16-8-4-6-10-19(16)24/h4-12,15H,3,13-14H2,1-2H3,(H,26,29)/t15-/m0/s1. The number of benzene rings is 2. The number of rotatable bonds is 6. The first-order valence-corrected chi connectivity index (χ1v) is 9.99. The first kappa shape index (κ1) is 19.8. The SMILES string of the molecule is CC[C@H](C)NC(=O)Cn1ncc2c3ccccc3n(Cc3ccccc3F)c2c1=O.